The smallest absolute Gasteiger partial charge is 0.414 e. The van der Waals surface area contributed by atoms with E-state index in [0.717, 1.165) is 19.3 Å². The molecule has 2 fully saturated rings. The maximum Gasteiger partial charge on any atom is 0.414 e. The second-order valence-electron chi connectivity index (χ2n) is 6.90. The Morgan fingerprint density at radius 2 is 2.04 bits per heavy atom. The van der Waals surface area contributed by atoms with Gasteiger partial charge in [0.25, 0.3) is 5.91 Å². The summed E-state index contributed by atoms with van der Waals surface area (Å²) in [5.74, 6) is -1.09. The van der Waals surface area contributed by atoms with Gasteiger partial charge >= 0.3 is 6.09 Å². The SMILES string of the molecule is CC(=O)NC[C@H]1CN(c2ccc(OCC(=O)N3CCCCC3)c(F)c2)C(=O)O1. The highest BCUT2D eigenvalue weighted by atomic mass is 19.1. The molecule has 1 aromatic rings. The summed E-state index contributed by atoms with van der Waals surface area (Å²) in [6.45, 7) is 2.96. The van der Waals surface area contributed by atoms with Gasteiger partial charge in [0.2, 0.25) is 5.91 Å². The zero-order valence-electron chi connectivity index (χ0n) is 15.8. The number of amides is 3. The number of carbonyl (C=O) groups excluding carboxylic acids is 3. The van der Waals surface area contributed by atoms with Crippen molar-refractivity contribution >= 4 is 23.6 Å². The van der Waals surface area contributed by atoms with Gasteiger partial charge in [-0.2, -0.15) is 0 Å². The third-order valence-electron chi connectivity index (χ3n) is 4.74. The third-order valence-corrected chi connectivity index (χ3v) is 4.74. The fourth-order valence-electron chi connectivity index (χ4n) is 3.25. The molecule has 2 heterocycles. The van der Waals surface area contributed by atoms with Crippen LogP contribution in [-0.2, 0) is 14.3 Å². The first-order valence-corrected chi connectivity index (χ1v) is 9.37. The molecule has 0 radical (unpaired) electrons. The van der Waals surface area contributed by atoms with Crippen LogP contribution in [0.2, 0.25) is 0 Å². The van der Waals surface area contributed by atoms with E-state index in [1.54, 1.807) is 4.90 Å². The summed E-state index contributed by atoms with van der Waals surface area (Å²) in [7, 11) is 0. The molecular weight excluding hydrogens is 369 g/mol. The zero-order valence-corrected chi connectivity index (χ0v) is 15.8. The van der Waals surface area contributed by atoms with Crippen molar-refractivity contribution in [2.75, 3.05) is 37.7 Å². The van der Waals surface area contributed by atoms with E-state index in [4.69, 9.17) is 9.47 Å². The first-order chi connectivity index (χ1) is 13.4. The van der Waals surface area contributed by atoms with E-state index >= 15 is 0 Å². The molecule has 2 saturated heterocycles. The normalized spacial score (nSPS) is 19.4. The number of cyclic esters (lactones) is 1. The second kappa shape index (κ2) is 8.90. The lowest BCUT2D eigenvalue weighted by atomic mass is 10.1. The van der Waals surface area contributed by atoms with Crippen LogP contribution in [0.1, 0.15) is 26.2 Å². The number of anilines is 1. The first kappa shape index (κ1) is 19.9. The van der Waals surface area contributed by atoms with Crippen LogP contribution in [0.5, 0.6) is 5.75 Å². The lowest BCUT2D eigenvalue weighted by Gasteiger charge is -2.26. The molecule has 8 nitrogen and oxygen atoms in total. The highest BCUT2D eigenvalue weighted by molar-refractivity contribution is 5.90. The molecule has 2 aliphatic rings. The largest absolute Gasteiger partial charge is 0.481 e. The lowest BCUT2D eigenvalue weighted by molar-refractivity contribution is -0.134. The van der Waals surface area contributed by atoms with Crippen LogP contribution < -0.4 is 15.0 Å². The zero-order chi connectivity index (χ0) is 20.1. The highest BCUT2D eigenvalue weighted by Gasteiger charge is 2.32. The van der Waals surface area contributed by atoms with Gasteiger partial charge in [-0.3, -0.25) is 14.5 Å². The summed E-state index contributed by atoms with van der Waals surface area (Å²) in [4.78, 5) is 38.1. The van der Waals surface area contributed by atoms with Crippen LogP contribution in [0.15, 0.2) is 18.2 Å². The average molecular weight is 393 g/mol. The molecule has 0 aromatic heterocycles. The average Bonchev–Trinajstić information content (AvgIpc) is 3.06. The van der Waals surface area contributed by atoms with Crippen molar-refractivity contribution in [3.63, 3.8) is 0 Å². The van der Waals surface area contributed by atoms with Crippen molar-refractivity contribution in [1.82, 2.24) is 10.2 Å². The monoisotopic (exact) mass is 393 g/mol. The summed E-state index contributed by atoms with van der Waals surface area (Å²) >= 11 is 0. The number of ether oxygens (including phenoxy) is 2. The third kappa shape index (κ3) is 4.90. The number of nitrogens with zero attached hydrogens (tertiary/aromatic N) is 2. The maximum absolute atomic E-state index is 14.4. The molecule has 28 heavy (non-hydrogen) atoms. The van der Waals surface area contributed by atoms with Gasteiger partial charge in [0.1, 0.15) is 6.10 Å². The van der Waals surface area contributed by atoms with Gasteiger partial charge in [0.15, 0.2) is 18.2 Å². The van der Waals surface area contributed by atoms with Crippen LogP contribution in [-0.4, -0.2) is 61.7 Å². The van der Waals surface area contributed by atoms with E-state index in [2.05, 4.69) is 5.32 Å². The Bertz CT molecular complexity index is 751. The van der Waals surface area contributed by atoms with Gasteiger partial charge in [-0.1, -0.05) is 0 Å². The number of hydrogen-bond donors (Lipinski definition) is 1. The minimum absolute atomic E-state index is 0.0449. The standard InChI is InChI=1S/C19H24FN3O5/c1-13(24)21-10-15-11-23(19(26)28-15)14-5-6-17(16(20)9-14)27-12-18(25)22-7-3-2-4-8-22/h5-6,9,15H,2-4,7-8,10-12H2,1H3,(H,21,24)/t15-/m0/s1. The van der Waals surface area contributed by atoms with Crippen LogP contribution in [0.25, 0.3) is 0 Å². The number of benzene rings is 1. The summed E-state index contributed by atoms with van der Waals surface area (Å²) in [6, 6.07) is 4.09. The molecule has 3 amide bonds. The Hall–Kier alpha value is -2.84. The van der Waals surface area contributed by atoms with Gasteiger partial charge in [0, 0.05) is 26.1 Å². The quantitative estimate of drug-likeness (QED) is 0.795. The number of halogens is 1. The van der Waals surface area contributed by atoms with E-state index in [0.29, 0.717) is 18.8 Å². The molecule has 152 valence electrons. The lowest BCUT2D eigenvalue weighted by Crippen LogP contribution is -2.38. The Labute approximate surface area is 162 Å². The van der Waals surface area contributed by atoms with Gasteiger partial charge in [-0.25, -0.2) is 9.18 Å². The number of carbonyl (C=O) groups is 3. The van der Waals surface area contributed by atoms with E-state index in [1.807, 2.05) is 0 Å². The van der Waals surface area contributed by atoms with E-state index in [-0.39, 0.29) is 37.3 Å². The molecule has 2 aliphatic heterocycles. The van der Waals surface area contributed by atoms with Crippen molar-refractivity contribution in [2.45, 2.75) is 32.3 Å². The van der Waals surface area contributed by atoms with E-state index in [9.17, 15) is 18.8 Å². The van der Waals surface area contributed by atoms with E-state index < -0.39 is 18.0 Å². The van der Waals surface area contributed by atoms with Crippen LogP contribution in [0, 0.1) is 5.82 Å². The molecule has 1 aromatic carbocycles. The molecular formula is C19H24FN3O5. The van der Waals surface area contributed by atoms with Crippen LogP contribution >= 0.6 is 0 Å². The molecule has 1 N–H and O–H groups in total. The predicted molar refractivity (Wildman–Crippen MR) is 98.6 cm³/mol. The fourth-order valence-corrected chi connectivity index (χ4v) is 3.25. The van der Waals surface area contributed by atoms with E-state index in [1.165, 1.54) is 30.0 Å². The van der Waals surface area contributed by atoms with Crippen LogP contribution in [0.3, 0.4) is 0 Å². The molecule has 0 aliphatic carbocycles. The van der Waals surface area contributed by atoms with Crippen molar-refractivity contribution < 1.29 is 28.2 Å². The van der Waals surface area contributed by atoms with Crippen molar-refractivity contribution in [3.05, 3.63) is 24.0 Å². The molecule has 1 atom stereocenters. The minimum atomic E-state index is -0.665. The van der Waals surface area contributed by atoms with Gasteiger partial charge in [-0.15, -0.1) is 0 Å². The summed E-state index contributed by atoms with van der Waals surface area (Å²) in [6.07, 6.45) is 1.96. The number of likely N-dealkylation sites (tertiary alicyclic amines) is 1. The minimum Gasteiger partial charge on any atom is -0.481 e. The summed E-state index contributed by atoms with van der Waals surface area (Å²) in [5, 5.41) is 2.58. The maximum atomic E-state index is 14.4. The van der Waals surface area contributed by atoms with Crippen molar-refractivity contribution in [2.24, 2.45) is 0 Å². The van der Waals surface area contributed by atoms with Gasteiger partial charge in [-0.05, 0) is 31.4 Å². The van der Waals surface area contributed by atoms with Crippen LogP contribution in [0.4, 0.5) is 14.9 Å². The predicted octanol–water partition coefficient (Wildman–Crippen LogP) is 1.68. The Kier molecular flexibility index (Phi) is 6.33. The Balaban J connectivity index is 1.57. The number of nitrogens with one attached hydrogen (secondary N) is 1. The van der Waals surface area contributed by atoms with Crippen molar-refractivity contribution in [1.29, 1.82) is 0 Å². The number of hydrogen-bond acceptors (Lipinski definition) is 5. The molecule has 0 spiro atoms. The Morgan fingerprint density at radius 3 is 2.71 bits per heavy atom. The molecule has 9 heteroatoms. The number of piperidine rings is 1. The molecule has 0 saturated carbocycles. The molecule has 3 rings (SSSR count). The Morgan fingerprint density at radius 1 is 1.29 bits per heavy atom. The topological polar surface area (TPSA) is 88.2 Å². The van der Waals surface area contributed by atoms with Gasteiger partial charge < -0.3 is 19.7 Å². The molecule has 0 bridgehead atoms. The summed E-state index contributed by atoms with van der Waals surface area (Å²) in [5.41, 5.74) is 0.322. The number of rotatable bonds is 6. The highest BCUT2D eigenvalue weighted by Crippen LogP contribution is 2.27. The summed E-state index contributed by atoms with van der Waals surface area (Å²) < 4.78 is 24.9. The van der Waals surface area contributed by atoms with Crippen molar-refractivity contribution in [3.8, 4) is 5.75 Å². The van der Waals surface area contributed by atoms with Gasteiger partial charge in [0.05, 0.1) is 18.8 Å². The first-order valence-electron chi connectivity index (χ1n) is 9.37. The fraction of sp³-hybridized carbons (Fsp3) is 0.526. The second-order valence-corrected chi connectivity index (χ2v) is 6.90. The molecule has 0 unspecified atom stereocenters.